The summed E-state index contributed by atoms with van der Waals surface area (Å²) in [6.45, 7) is 8.49. The van der Waals surface area contributed by atoms with E-state index in [0.717, 1.165) is 90.0 Å². The van der Waals surface area contributed by atoms with Crippen molar-refractivity contribution < 1.29 is 30.0 Å². The Kier molecular flexibility index (Phi) is 46.5. The highest BCUT2D eigenvalue weighted by molar-refractivity contribution is 5.96. The van der Waals surface area contributed by atoms with Gasteiger partial charge in [0.2, 0.25) is 11.8 Å². The molecule has 1 fully saturated rings. The van der Waals surface area contributed by atoms with E-state index in [1.54, 1.807) is 0 Å². The zero-order valence-electron chi connectivity index (χ0n) is 47.7. The maximum atomic E-state index is 13.3. The monoisotopic (exact) mass is 1040 g/mol. The molecule has 9 heteroatoms. The van der Waals surface area contributed by atoms with Gasteiger partial charge in [0, 0.05) is 13.1 Å². The van der Waals surface area contributed by atoms with Crippen molar-refractivity contribution in [3.8, 4) is 95.2 Å². The second-order valence-electron chi connectivity index (χ2n) is 21.2. The van der Waals surface area contributed by atoms with E-state index in [-0.39, 0.29) is 17.7 Å². The largest absolute Gasteiger partial charge is 0.393 e. The van der Waals surface area contributed by atoms with Crippen LogP contribution in [0.4, 0.5) is 0 Å². The quantitative estimate of drug-likeness (QED) is 0.0263. The molecule has 1 heterocycles. The Morgan fingerprint density at radius 1 is 0.421 bits per heavy atom. The molecule has 420 valence electrons. The van der Waals surface area contributed by atoms with Crippen molar-refractivity contribution in [1.29, 1.82) is 0 Å². The van der Waals surface area contributed by atoms with Crippen LogP contribution >= 0.6 is 0 Å². The minimum atomic E-state index is -0.931. The topological polar surface area (TPSA) is 142 Å². The Bertz CT molecular complexity index is 2000. The number of rotatable bonds is 45. The second kappa shape index (κ2) is 51.0. The van der Waals surface area contributed by atoms with Crippen LogP contribution < -0.4 is 10.6 Å². The highest BCUT2D eigenvalue weighted by Crippen LogP contribution is 2.25. The summed E-state index contributed by atoms with van der Waals surface area (Å²) in [5, 5.41) is 50.0. The van der Waals surface area contributed by atoms with Gasteiger partial charge in [0.25, 0.3) is 0 Å². The molecule has 0 radical (unpaired) electrons. The van der Waals surface area contributed by atoms with E-state index in [1.165, 1.54) is 116 Å². The maximum Gasteiger partial charge on any atom is 0.243 e. The van der Waals surface area contributed by atoms with E-state index in [4.69, 9.17) is 6.42 Å². The first-order chi connectivity index (χ1) is 37.1. The van der Waals surface area contributed by atoms with Crippen LogP contribution in [-0.2, 0) is 9.59 Å². The molecule has 0 aromatic carbocycles. The van der Waals surface area contributed by atoms with Crippen LogP contribution in [0.2, 0.25) is 0 Å². The molecule has 0 aliphatic carbocycles. The number of carbonyl (C=O) groups is 2. The molecule has 0 aromatic rings. The first kappa shape index (κ1) is 69.2. The van der Waals surface area contributed by atoms with Gasteiger partial charge in [-0.1, -0.05) is 200 Å². The fourth-order valence-corrected chi connectivity index (χ4v) is 9.83. The molecular weight excluding hydrogens is 943 g/mol. The fraction of sp³-hybridized carbons (Fsp3) is 0.731. The Morgan fingerprint density at radius 3 is 1.17 bits per heavy atom. The van der Waals surface area contributed by atoms with Crippen LogP contribution in [0.25, 0.3) is 0 Å². The number of terminal acetylenes is 1. The molecule has 0 spiro atoms. The number of amides is 2. The third-order valence-electron chi connectivity index (χ3n) is 14.2. The Hall–Kier alpha value is -4.78. The summed E-state index contributed by atoms with van der Waals surface area (Å²) in [6, 6.07) is -1.19. The molecule has 1 rings (SSSR count). The molecule has 0 bridgehead atoms. The normalized spacial score (nSPS) is 15.4. The summed E-state index contributed by atoms with van der Waals surface area (Å²) in [5.74, 6) is 37.6. The van der Waals surface area contributed by atoms with E-state index >= 15 is 0 Å². The van der Waals surface area contributed by atoms with Crippen LogP contribution in [0.3, 0.4) is 0 Å². The summed E-state index contributed by atoms with van der Waals surface area (Å²) in [5.41, 5.74) is 0. The second-order valence-corrected chi connectivity index (χ2v) is 21.2. The lowest BCUT2D eigenvalue weighted by Gasteiger charge is -2.30. The fourth-order valence-electron chi connectivity index (χ4n) is 9.83. The average molecular weight is 1040 g/mol. The van der Waals surface area contributed by atoms with Crippen molar-refractivity contribution in [2.75, 3.05) is 19.6 Å². The predicted molar refractivity (Wildman–Crippen MR) is 314 cm³/mol. The lowest BCUT2D eigenvalue weighted by atomic mass is 9.88. The van der Waals surface area contributed by atoms with Crippen molar-refractivity contribution in [3.63, 3.8) is 0 Å². The van der Waals surface area contributed by atoms with Crippen LogP contribution in [0.15, 0.2) is 0 Å². The number of hydrogen-bond acceptors (Lipinski definition) is 7. The number of unbranched alkanes of at least 4 members (excludes halogenated alkanes) is 23. The minimum absolute atomic E-state index is 0.0120. The Balaban J connectivity index is 2.73. The van der Waals surface area contributed by atoms with E-state index in [2.05, 4.69) is 125 Å². The molecule has 1 aliphatic rings. The summed E-state index contributed by atoms with van der Waals surface area (Å²) >= 11 is 0. The van der Waals surface area contributed by atoms with Crippen molar-refractivity contribution >= 4 is 11.8 Å². The maximum absolute atomic E-state index is 13.3. The van der Waals surface area contributed by atoms with Gasteiger partial charge in [-0.2, -0.15) is 0 Å². The van der Waals surface area contributed by atoms with Gasteiger partial charge in [-0.15, -0.1) is 6.42 Å². The lowest BCUT2D eigenvalue weighted by Crippen LogP contribution is -2.61. The van der Waals surface area contributed by atoms with Gasteiger partial charge in [0.05, 0.1) is 18.3 Å². The third-order valence-corrected chi connectivity index (χ3v) is 14.2. The summed E-state index contributed by atoms with van der Waals surface area (Å²) < 4.78 is 0. The Morgan fingerprint density at radius 2 is 0.763 bits per heavy atom. The molecule has 9 nitrogen and oxygen atoms in total. The number of piperazine rings is 1. The molecule has 1 saturated heterocycles. The van der Waals surface area contributed by atoms with E-state index in [0.29, 0.717) is 45.2 Å². The first-order valence-corrected chi connectivity index (χ1v) is 30.1. The highest BCUT2D eigenvalue weighted by Gasteiger charge is 2.33. The molecule has 7 atom stereocenters. The summed E-state index contributed by atoms with van der Waals surface area (Å²) in [4.78, 5) is 28.8. The zero-order valence-corrected chi connectivity index (χ0v) is 47.7. The number of hydrogen-bond donors (Lipinski definition) is 6. The Labute approximate surface area is 464 Å². The van der Waals surface area contributed by atoms with Gasteiger partial charge in [-0.3, -0.25) is 14.5 Å². The van der Waals surface area contributed by atoms with Crippen molar-refractivity contribution in [2.45, 2.75) is 288 Å². The van der Waals surface area contributed by atoms with Gasteiger partial charge in [0.15, 0.2) is 0 Å². The van der Waals surface area contributed by atoms with Crippen molar-refractivity contribution in [3.05, 3.63) is 0 Å². The van der Waals surface area contributed by atoms with Crippen LogP contribution in [0.1, 0.15) is 252 Å². The molecular formula is C67H101N3O6. The van der Waals surface area contributed by atoms with Crippen molar-refractivity contribution in [2.24, 2.45) is 5.92 Å². The summed E-state index contributed by atoms with van der Waals surface area (Å²) in [7, 11) is 0. The number of nitrogens with zero attached hydrogens (tertiary/aromatic N) is 1. The first-order valence-electron chi connectivity index (χ1n) is 30.1. The SMILES string of the molecule is C#CC#CC#CC#CC#CC#CC#CC#CC(O)CC(CCCCC1NC(=O)C(CCCCN(CC(O)CCCCCCCCCC)CC(O)CCCCCCCCCC)NC1=O)CC(O)CCCCCCCCCC. The zero-order chi connectivity index (χ0) is 55.4. The number of carbonyl (C=O) groups excluding carboxylic acids is 2. The van der Waals surface area contributed by atoms with Gasteiger partial charge in [0.1, 0.15) is 18.2 Å². The molecule has 2 amide bonds. The smallest absolute Gasteiger partial charge is 0.243 e. The van der Waals surface area contributed by atoms with Gasteiger partial charge in [-0.25, -0.2) is 0 Å². The van der Waals surface area contributed by atoms with Gasteiger partial charge >= 0.3 is 0 Å². The highest BCUT2D eigenvalue weighted by atomic mass is 16.3. The van der Waals surface area contributed by atoms with E-state index in [1.807, 2.05) is 0 Å². The standard InChI is InChI=1S/C67H101N3O6/c1-5-9-13-17-21-25-26-27-28-29-30-34-36-40-49-61(72)56-59(55-60(71)48-39-35-31-22-18-14-10-6-2)47-43-44-52-64-66(75)69-65(67(76)68-64)53-45-46-54-70(57-62(73)50-41-37-32-23-19-15-11-7-3)58-63(74)51-42-38-33-24-20-16-12-8-4/h1,59-65,71-74H,6-8,10-12,14-16,18-20,22-24,31-33,35,37-39,41-48,50-58H2,2-4H3,(H,68,76)(H,69,75). The van der Waals surface area contributed by atoms with E-state index < -0.39 is 36.5 Å². The van der Waals surface area contributed by atoms with Gasteiger partial charge < -0.3 is 31.1 Å². The minimum Gasteiger partial charge on any atom is -0.393 e. The van der Waals surface area contributed by atoms with Gasteiger partial charge in [-0.05, 0) is 153 Å². The summed E-state index contributed by atoms with van der Waals surface area (Å²) in [6.07, 6.45) is 39.9. The number of aliphatic hydroxyl groups excluding tert-OH is 4. The number of nitrogens with one attached hydrogen (secondary N) is 2. The van der Waals surface area contributed by atoms with Crippen LogP contribution in [0, 0.1) is 101 Å². The molecule has 0 aromatic heterocycles. The lowest BCUT2D eigenvalue weighted by molar-refractivity contribution is -0.137. The van der Waals surface area contributed by atoms with Crippen LogP contribution in [0.5, 0.6) is 0 Å². The van der Waals surface area contributed by atoms with Crippen LogP contribution in [-0.4, -0.2) is 93.3 Å². The predicted octanol–water partition coefficient (Wildman–Crippen LogP) is 11.1. The van der Waals surface area contributed by atoms with Crippen molar-refractivity contribution in [1.82, 2.24) is 15.5 Å². The third kappa shape index (κ3) is 42.3. The molecule has 6 N–H and O–H groups in total. The van der Waals surface area contributed by atoms with E-state index in [9.17, 15) is 30.0 Å². The molecule has 1 aliphatic heterocycles. The molecule has 76 heavy (non-hydrogen) atoms. The average Bonchev–Trinajstić information content (AvgIpc) is 3.40. The number of aliphatic hydroxyl groups is 4. The molecule has 0 saturated carbocycles. The molecule has 7 unspecified atom stereocenters.